The average molecular weight is 330 g/mol. The molecule has 19 heavy (non-hydrogen) atoms. The maximum absolute atomic E-state index is 11.4. The van der Waals surface area contributed by atoms with Crippen molar-refractivity contribution >= 4 is 21.8 Å². The van der Waals surface area contributed by atoms with Crippen LogP contribution >= 0.6 is 15.9 Å². The van der Waals surface area contributed by atoms with E-state index in [0.29, 0.717) is 6.54 Å². The van der Waals surface area contributed by atoms with Gasteiger partial charge in [-0.15, -0.1) is 0 Å². The Bertz CT molecular complexity index is 446. The lowest BCUT2D eigenvalue weighted by Crippen LogP contribution is -2.36. The Labute approximate surface area is 122 Å². The second-order valence-electron chi connectivity index (χ2n) is 4.98. The minimum Gasteiger partial charge on any atom is -0.496 e. The van der Waals surface area contributed by atoms with E-state index in [2.05, 4.69) is 35.1 Å². The van der Waals surface area contributed by atoms with Gasteiger partial charge in [-0.3, -0.25) is 4.79 Å². The number of rotatable bonds is 6. The molecule has 0 aliphatic heterocycles. The molecule has 2 N–H and O–H groups in total. The average Bonchev–Trinajstić information content (AvgIpc) is 2.37. The third kappa shape index (κ3) is 4.51. The predicted molar refractivity (Wildman–Crippen MR) is 78.4 cm³/mol. The van der Waals surface area contributed by atoms with E-state index in [1.807, 2.05) is 18.2 Å². The number of carbonyl (C=O) groups is 1. The fourth-order valence-electron chi connectivity index (χ4n) is 1.70. The van der Waals surface area contributed by atoms with Gasteiger partial charge >= 0.3 is 0 Å². The van der Waals surface area contributed by atoms with Crippen molar-refractivity contribution in [3.8, 4) is 5.75 Å². The lowest BCUT2D eigenvalue weighted by Gasteiger charge is -2.26. The van der Waals surface area contributed by atoms with Crippen LogP contribution in [0, 0.1) is 0 Å². The largest absolute Gasteiger partial charge is 0.496 e. The number of nitrogens with one attached hydrogen (secondary N) is 1. The Hall–Kier alpha value is -1.07. The summed E-state index contributed by atoms with van der Waals surface area (Å²) in [6.07, 6.45) is 0.141. The first-order chi connectivity index (χ1) is 8.90. The fourth-order valence-corrected chi connectivity index (χ4v) is 2.24. The van der Waals surface area contributed by atoms with Crippen LogP contribution in [0.1, 0.15) is 25.8 Å². The van der Waals surface area contributed by atoms with Crippen molar-refractivity contribution < 1.29 is 14.6 Å². The molecule has 1 aromatic carbocycles. The van der Waals surface area contributed by atoms with Gasteiger partial charge in [0.15, 0.2) is 0 Å². The summed E-state index contributed by atoms with van der Waals surface area (Å²) in [6, 6.07) is 5.88. The molecule has 0 saturated carbocycles. The van der Waals surface area contributed by atoms with E-state index < -0.39 is 0 Å². The van der Waals surface area contributed by atoms with Crippen LogP contribution in [0.5, 0.6) is 5.75 Å². The van der Waals surface area contributed by atoms with Crippen molar-refractivity contribution in [2.24, 2.45) is 0 Å². The van der Waals surface area contributed by atoms with Gasteiger partial charge in [0.1, 0.15) is 5.75 Å². The Morgan fingerprint density at radius 1 is 1.47 bits per heavy atom. The summed E-state index contributed by atoms with van der Waals surface area (Å²) in [7, 11) is 1.63. The van der Waals surface area contributed by atoms with Gasteiger partial charge in [-0.1, -0.05) is 19.9 Å². The lowest BCUT2D eigenvalue weighted by atomic mass is 9.84. The zero-order valence-corrected chi connectivity index (χ0v) is 13.1. The van der Waals surface area contributed by atoms with Crippen LogP contribution in [0.2, 0.25) is 0 Å². The van der Waals surface area contributed by atoms with Gasteiger partial charge in [0.25, 0.3) is 0 Å². The lowest BCUT2D eigenvalue weighted by molar-refractivity contribution is -0.121. The number of halogens is 1. The summed E-state index contributed by atoms with van der Waals surface area (Å²) < 4.78 is 6.09. The Kier molecular flexibility index (Phi) is 5.82. The SMILES string of the molecule is COc1ccc(C(C)(C)CNC(=O)CCO)cc1Br. The highest BCUT2D eigenvalue weighted by atomic mass is 79.9. The van der Waals surface area contributed by atoms with Crippen molar-refractivity contribution in [3.63, 3.8) is 0 Å². The molecule has 0 unspecified atom stereocenters. The summed E-state index contributed by atoms with van der Waals surface area (Å²) in [6.45, 7) is 4.51. The van der Waals surface area contributed by atoms with Crippen molar-refractivity contribution in [1.82, 2.24) is 5.32 Å². The molecule has 5 heteroatoms. The fraction of sp³-hybridized carbons (Fsp3) is 0.500. The molecule has 0 bridgehead atoms. The van der Waals surface area contributed by atoms with Gasteiger partial charge in [-0.05, 0) is 33.6 Å². The van der Waals surface area contributed by atoms with Crippen LogP contribution in [0.25, 0.3) is 0 Å². The second kappa shape index (κ2) is 6.91. The maximum atomic E-state index is 11.4. The normalized spacial score (nSPS) is 11.2. The molecule has 0 radical (unpaired) electrons. The summed E-state index contributed by atoms with van der Waals surface area (Å²) in [4.78, 5) is 11.4. The van der Waals surface area contributed by atoms with E-state index in [1.165, 1.54) is 0 Å². The molecule has 1 amide bonds. The van der Waals surface area contributed by atoms with Crippen molar-refractivity contribution in [2.75, 3.05) is 20.3 Å². The number of aliphatic hydroxyl groups is 1. The summed E-state index contributed by atoms with van der Waals surface area (Å²) in [5.74, 6) is 0.645. The third-order valence-electron chi connectivity index (χ3n) is 3.00. The predicted octanol–water partition coefficient (Wildman–Crippen LogP) is 2.23. The molecule has 1 rings (SSSR count). The highest BCUT2D eigenvalue weighted by molar-refractivity contribution is 9.10. The minimum absolute atomic E-state index is 0.125. The first-order valence-electron chi connectivity index (χ1n) is 6.12. The van der Waals surface area contributed by atoms with E-state index in [1.54, 1.807) is 7.11 Å². The van der Waals surface area contributed by atoms with Crippen molar-refractivity contribution in [3.05, 3.63) is 28.2 Å². The molecule has 0 spiro atoms. The molecule has 1 aromatic rings. The standard InChI is InChI=1S/C14H20BrNO3/c1-14(2,9-16-13(18)6-7-17)10-4-5-12(19-3)11(15)8-10/h4-5,8,17H,6-7,9H2,1-3H3,(H,16,18). The quantitative estimate of drug-likeness (QED) is 0.841. The number of ether oxygens (including phenoxy) is 1. The van der Waals surface area contributed by atoms with Crippen LogP contribution in [0.15, 0.2) is 22.7 Å². The molecule has 0 aromatic heterocycles. The van der Waals surface area contributed by atoms with Crippen LogP contribution < -0.4 is 10.1 Å². The molecule has 0 aliphatic carbocycles. The van der Waals surface area contributed by atoms with Gasteiger partial charge in [-0.25, -0.2) is 0 Å². The van der Waals surface area contributed by atoms with E-state index in [9.17, 15) is 4.79 Å². The minimum atomic E-state index is -0.195. The van der Waals surface area contributed by atoms with Gasteiger partial charge in [0, 0.05) is 18.4 Å². The third-order valence-corrected chi connectivity index (χ3v) is 3.62. The highest BCUT2D eigenvalue weighted by Gasteiger charge is 2.22. The van der Waals surface area contributed by atoms with E-state index >= 15 is 0 Å². The number of amides is 1. The number of hydrogen-bond acceptors (Lipinski definition) is 3. The summed E-state index contributed by atoms with van der Waals surface area (Å²) >= 11 is 3.46. The molecule has 0 heterocycles. The molecule has 0 saturated heterocycles. The first-order valence-corrected chi connectivity index (χ1v) is 6.91. The zero-order chi connectivity index (χ0) is 14.5. The van der Waals surface area contributed by atoms with Crippen LogP contribution in [0.4, 0.5) is 0 Å². The van der Waals surface area contributed by atoms with Gasteiger partial charge in [0.05, 0.1) is 18.2 Å². The van der Waals surface area contributed by atoms with Crippen LogP contribution in [-0.4, -0.2) is 31.3 Å². The molecular weight excluding hydrogens is 310 g/mol. The smallest absolute Gasteiger partial charge is 0.222 e. The number of methoxy groups -OCH3 is 1. The first kappa shape index (κ1) is 16.0. The molecule has 106 valence electrons. The Balaban J connectivity index is 2.76. The Morgan fingerprint density at radius 2 is 2.16 bits per heavy atom. The second-order valence-corrected chi connectivity index (χ2v) is 5.84. The van der Waals surface area contributed by atoms with Crippen molar-refractivity contribution in [2.45, 2.75) is 25.7 Å². The number of aliphatic hydroxyl groups excluding tert-OH is 1. The molecular formula is C14H20BrNO3. The topological polar surface area (TPSA) is 58.6 Å². The molecule has 0 fully saturated rings. The van der Waals surface area contributed by atoms with Crippen LogP contribution in [0.3, 0.4) is 0 Å². The highest BCUT2D eigenvalue weighted by Crippen LogP contribution is 2.31. The number of benzene rings is 1. The monoisotopic (exact) mass is 329 g/mol. The van der Waals surface area contributed by atoms with Gasteiger partial charge in [-0.2, -0.15) is 0 Å². The maximum Gasteiger partial charge on any atom is 0.222 e. The Morgan fingerprint density at radius 3 is 2.68 bits per heavy atom. The van der Waals surface area contributed by atoms with Gasteiger partial charge < -0.3 is 15.2 Å². The van der Waals surface area contributed by atoms with E-state index in [0.717, 1.165) is 15.8 Å². The summed E-state index contributed by atoms with van der Waals surface area (Å²) in [5, 5.41) is 11.5. The zero-order valence-electron chi connectivity index (χ0n) is 11.5. The number of hydrogen-bond donors (Lipinski definition) is 2. The summed E-state index contributed by atoms with van der Waals surface area (Å²) in [5.41, 5.74) is 0.907. The molecule has 0 atom stereocenters. The number of carbonyl (C=O) groups excluding carboxylic acids is 1. The van der Waals surface area contributed by atoms with E-state index in [-0.39, 0.29) is 24.3 Å². The van der Waals surface area contributed by atoms with Crippen molar-refractivity contribution in [1.29, 1.82) is 0 Å². The van der Waals surface area contributed by atoms with Gasteiger partial charge in [0.2, 0.25) is 5.91 Å². The molecule has 0 aliphatic rings. The molecule has 4 nitrogen and oxygen atoms in total. The van der Waals surface area contributed by atoms with Crippen LogP contribution in [-0.2, 0) is 10.2 Å². The van der Waals surface area contributed by atoms with E-state index in [4.69, 9.17) is 9.84 Å².